The minimum absolute atomic E-state index is 0.365. The number of hydrogen-bond acceptors (Lipinski definition) is 1. The largest absolute Gasteiger partial charge is 0.382 e. The summed E-state index contributed by atoms with van der Waals surface area (Å²) in [6.07, 6.45) is 0.995. The Morgan fingerprint density at radius 3 is 2.56 bits per heavy atom. The molecule has 0 bridgehead atoms. The van der Waals surface area contributed by atoms with Gasteiger partial charge in [0.15, 0.2) is 0 Å². The van der Waals surface area contributed by atoms with E-state index in [1.54, 1.807) is 0 Å². The van der Waals surface area contributed by atoms with Gasteiger partial charge >= 0.3 is 0 Å². The van der Waals surface area contributed by atoms with Crippen molar-refractivity contribution in [2.75, 3.05) is 5.32 Å². The Labute approximate surface area is 121 Å². The van der Waals surface area contributed by atoms with Crippen LogP contribution in [0.2, 0.25) is 5.02 Å². The molecule has 0 aliphatic rings. The maximum atomic E-state index is 6.07. The Bertz CT molecular complexity index is 513. The second kappa shape index (κ2) is 6.26. The van der Waals surface area contributed by atoms with Gasteiger partial charge in [-0.2, -0.15) is 0 Å². The van der Waals surface area contributed by atoms with E-state index >= 15 is 0 Å². The van der Waals surface area contributed by atoms with Crippen molar-refractivity contribution in [3.05, 3.63) is 63.6 Å². The first-order chi connectivity index (χ1) is 8.65. The van der Waals surface area contributed by atoms with Crippen LogP contribution in [-0.4, -0.2) is 6.04 Å². The van der Waals surface area contributed by atoms with Crippen molar-refractivity contribution in [1.29, 1.82) is 0 Å². The average Bonchev–Trinajstić information content (AvgIpc) is 2.35. The molecule has 0 aliphatic carbocycles. The van der Waals surface area contributed by atoms with E-state index in [-0.39, 0.29) is 0 Å². The van der Waals surface area contributed by atoms with Crippen molar-refractivity contribution in [3.63, 3.8) is 0 Å². The summed E-state index contributed by atoms with van der Waals surface area (Å²) < 4.78 is 0.922. The molecule has 0 aliphatic heterocycles. The highest BCUT2D eigenvalue weighted by Crippen LogP contribution is 2.26. The average molecular weight is 325 g/mol. The fraction of sp³-hybridized carbons (Fsp3) is 0.200. The third kappa shape index (κ3) is 3.76. The Morgan fingerprint density at radius 1 is 1.17 bits per heavy atom. The third-order valence-corrected chi connectivity index (χ3v) is 3.95. The standard InChI is InChI=1S/C15H15BrClN/c1-11(9-12-5-3-2-4-6-12)18-13-7-8-14(16)15(17)10-13/h2-8,10-11,18H,9H2,1H3. The van der Waals surface area contributed by atoms with Gasteiger partial charge in [-0.1, -0.05) is 41.9 Å². The van der Waals surface area contributed by atoms with Crippen LogP contribution in [0.1, 0.15) is 12.5 Å². The fourth-order valence-electron chi connectivity index (χ4n) is 1.89. The molecule has 0 fully saturated rings. The lowest BCUT2D eigenvalue weighted by Crippen LogP contribution is -2.17. The number of halogens is 2. The predicted molar refractivity (Wildman–Crippen MR) is 82.4 cm³/mol. The van der Waals surface area contributed by atoms with Crippen LogP contribution in [0.3, 0.4) is 0 Å². The van der Waals surface area contributed by atoms with E-state index in [9.17, 15) is 0 Å². The van der Waals surface area contributed by atoms with Crippen molar-refractivity contribution < 1.29 is 0 Å². The van der Waals surface area contributed by atoms with Gasteiger partial charge in [0.2, 0.25) is 0 Å². The minimum Gasteiger partial charge on any atom is -0.382 e. The molecule has 18 heavy (non-hydrogen) atoms. The Morgan fingerprint density at radius 2 is 1.89 bits per heavy atom. The predicted octanol–water partition coefficient (Wildman–Crippen LogP) is 5.15. The van der Waals surface area contributed by atoms with E-state index in [1.165, 1.54) is 5.56 Å². The van der Waals surface area contributed by atoms with E-state index in [0.29, 0.717) is 6.04 Å². The number of rotatable bonds is 4. The molecule has 0 spiro atoms. The van der Waals surface area contributed by atoms with Crippen LogP contribution in [0.25, 0.3) is 0 Å². The zero-order valence-electron chi connectivity index (χ0n) is 10.2. The Hall–Kier alpha value is -0.990. The van der Waals surface area contributed by atoms with Crippen LogP contribution in [0.5, 0.6) is 0 Å². The molecule has 2 aromatic rings. The van der Waals surface area contributed by atoms with Gasteiger partial charge < -0.3 is 5.32 Å². The van der Waals surface area contributed by atoms with Gasteiger partial charge in [-0.15, -0.1) is 0 Å². The molecule has 0 radical (unpaired) electrons. The minimum atomic E-state index is 0.365. The van der Waals surface area contributed by atoms with Gasteiger partial charge in [0.25, 0.3) is 0 Å². The van der Waals surface area contributed by atoms with Crippen LogP contribution in [0.4, 0.5) is 5.69 Å². The summed E-state index contributed by atoms with van der Waals surface area (Å²) in [4.78, 5) is 0. The molecular weight excluding hydrogens is 310 g/mol. The van der Waals surface area contributed by atoms with Gasteiger partial charge in [0, 0.05) is 16.2 Å². The maximum Gasteiger partial charge on any atom is 0.0568 e. The lowest BCUT2D eigenvalue weighted by Gasteiger charge is -2.15. The molecule has 0 amide bonds. The zero-order chi connectivity index (χ0) is 13.0. The summed E-state index contributed by atoms with van der Waals surface area (Å²) >= 11 is 9.46. The number of nitrogens with one attached hydrogen (secondary N) is 1. The quantitative estimate of drug-likeness (QED) is 0.820. The van der Waals surface area contributed by atoms with Gasteiger partial charge in [0.05, 0.1) is 5.02 Å². The second-order valence-corrected chi connectivity index (χ2v) is 5.63. The van der Waals surface area contributed by atoms with E-state index in [0.717, 1.165) is 21.6 Å². The normalized spacial score (nSPS) is 12.2. The lowest BCUT2D eigenvalue weighted by atomic mass is 10.1. The summed E-state index contributed by atoms with van der Waals surface area (Å²) in [5.74, 6) is 0. The number of anilines is 1. The molecule has 94 valence electrons. The first-order valence-electron chi connectivity index (χ1n) is 5.90. The zero-order valence-corrected chi connectivity index (χ0v) is 12.5. The molecule has 1 unspecified atom stereocenters. The van der Waals surface area contributed by atoms with Gasteiger partial charge in [0.1, 0.15) is 0 Å². The SMILES string of the molecule is CC(Cc1ccccc1)Nc1ccc(Br)c(Cl)c1. The van der Waals surface area contributed by atoms with Crippen LogP contribution in [0.15, 0.2) is 53.0 Å². The fourth-order valence-corrected chi connectivity index (χ4v) is 2.32. The summed E-state index contributed by atoms with van der Waals surface area (Å²) in [6.45, 7) is 2.17. The molecule has 2 rings (SSSR count). The highest BCUT2D eigenvalue weighted by molar-refractivity contribution is 9.10. The summed E-state index contributed by atoms with van der Waals surface area (Å²) in [5.41, 5.74) is 2.38. The highest BCUT2D eigenvalue weighted by atomic mass is 79.9. The molecule has 0 saturated heterocycles. The first kappa shape index (κ1) is 13.4. The van der Waals surface area contributed by atoms with Crippen molar-refractivity contribution in [2.45, 2.75) is 19.4 Å². The van der Waals surface area contributed by atoms with Crippen LogP contribution in [-0.2, 0) is 6.42 Å². The van der Waals surface area contributed by atoms with Crippen molar-refractivity contribution in [2.24, 2.45) is 0 Å². The van der Waals surface area contributed by atoms with Gasteiger partial charge in [-0.25, -0.2) is 0 Å². The van der Waals surface area contributed by atoms with Gasteiger partial charge in [-0.3, -0.25) is 0 Å². The molecule has 0 saturated carbocycles. The van der Waals surface area contributed by atoms with Crippen LogP contribution >= 0.6 is 27.5 Å². The Kier molecular flexibility index (Phi) is 4.67. The van der Waals surface area contributed by atoms with Crippen molar-refractivity contribution >= 4 is 33.2 Å². The monoisotopic (exact) mass is 323 g/mol. The highest BCUT2D eigenvalue weighted by Gasteiger charge is 2.05. The Balaban J connectivity index is 1.99. The van der Waals surface area contributed by atoms with E-state index < -0.39 is 0 Å². The van der Waals surface area contributed by atoms with Gasteiger partial charge in [-0.05, 0) is 53.0 Å². The van der Waals surface area contributed by atoms with Crippen molar-refractivity contribution in [3.8, 4) is 0 Å². The summed E-state index contributed by atoms with van der Waals surface area (Å²) in [6, 6.07) is 16.8. The van der Waals surface area contributed by atoms with Crippen LogP contribution in [0, 0.1) is 0 Å². The molecule has 0 heterocycles. The summed E-state index contributed by atoms with van der Waals surface area (Å²) in [7, 11) is 0. The molecule has 0 aromatic heterocycles. The van der Waals surface area contributed by atoms with E-state index in [2.05, 4.69) is 52.4 Å². The number of hydrogen-bond donors (Lipinski definition) is 1. The maximum absolute atomic E-state index is 6.07. The lowest BCUT2D eigenvalue weighted by molar-refractivity contribution is 0.790. The molecule has 2 aromatic carbocycles. The van der Waals surface area contributed by atoms with Crippen LogP contribution < -0.4 is 5.32 Å². The molecule has 3 heteroatoms. The smallest absolute Gasteiger partial charge is 0.0568 e. The third-order valence-electron chi connectivity index (χ3n) is 2.72. The number of benzene rings is 2. The van der Waals surface area contributed by atoms with E-state index in [4.69, 9.17) is 11.6 Å². The molecule has 1 N–H and O–H groups in total. The second-order valence-electron chi connectivity index (χ2n) is 4.36. The van der Waals surface area contributed by atoms with E-state index in [1.807, 2.05) is 24.3 Å². The summed E-state index contributed by atoms with van der Waals surface area (Å²) in [5, 5.41) is 4.18. The molecule has 1 atom stereocenters. The van der Waals surface area contributed by atoms with Crippen molar-refractivity contribution in [1.82, 2.24) is 0 Å². The first-order valence-corrected chi connectivity index (χ1v) is 7.08. The molecular formula is C15H15BrClN. The molecule has 1 nitrogen and oxygen atoms in total. The topological polar surface area (TPSA) is 12.0 Å².